The summed E-state index contributed by atoms with van der Waals surface area (Å²) in [6.07, 6.45) is 1.89. The van der Waals surface area contributed by atoms with Crippen LogP contribution in [0.15, 0.2) is 182 Å². The van der Waals surface area contributed by atoms with Gasteiger partial charge in [0.2, 0.25) is 0 Å². The van der Waals surface area contributed by atoms with Gasteiger partial charge in [-0.1, -0.05) is 212 Å². The van der Waals surface area contributed by atoms with Gasteiger partial charge in [-0.3, -0.25) is 0 Å². The molecule has 0 saturated heterocycles. The number of hydrogen-bond acceptors (Lipinski definition) is 0. The highest BCUT2D eigenvalue weighted by atomic mass is 14.4. The van der Waals surface area contributed by atoms with Crippen molar-refractivity contribution in [2.24, 2.45) is 0 Å². The zero-order valence-corrected chi connectivity index (χ0v) is 42.7. The minimum Gasteiger partial charge on any atom is -0.0612 e. The molecule has 1 aliphatic carbocycles. The normalized spacial score (nSPS) is 12.6. The largest absolute Gasteiger partial charge is 0.0612 e. The van der Waals surface area contributed by atoms with Gasteiger partial charge in [0, 0.05) is 0 Å². The highest BCUT2D eigenvalue weighted by Crippen LogP contribution is 2.61. The summed E-state index contributed by atoms with van der Waals surface area (Å²) in [4.78, 5) is 0. The molecule has 0 heterocycles. The minimum atomic E-state index is 0.946. The van der Waals surface area contributed by atoms with Crippen LogP contribution >= 0.6 is 0 Å². The zero-order chi connectivity index (χ0) is 49.4. The number of fused-ring (bicyclic) bond motifs is 11. The van der Waals surface area contributed by atoms with Crippen molar-refractivity contribution >= 4 is 97.0 Å². The standard InChI is InChI=1S/C74H52/c1-7-47-66-56-33-31-54-52-29-28-49(43-20-12-39(3)13-21-43)50-10-9-11-51(64(50)52)53-30-32-55(70(56)69(53)54)65(66)48(8-2)68-58-36-37-60-72-59(35-34-57(67(47)68)71(58)72)73-62(45-24-16-41(5)17-25-45)38-61(44-22-14-40(4)15-23-44)63(74(60)73)46-26-18-42(6)19-27-46/h9-38H,7-8H2,1-6H3. The molecule has 0 amide bonds. The average Bonchev–Trinajstić information content (AvgIpc) is 4.24. The maximum absolute atomic E-state index is 2.51. The maximum atomic E-state index is 2.51. The minimum absolute atomic E-state index is 0.946. The molecule has 0 heteroatoms. The molecule has 0 bridgehead atoms. The summed E-state index contributed by atoms with van der Waals surface area (Å²) in [5, 5.41) is 25.1. The molecule has 74 heavy (non-hydrogen) atoms. The lowest BCUT2D eigenvalue weighted by atomic mass is 9.82. The summed E-state index contributed by atoms with van der Waals surface area (Å²) in [5.41, 5.74) is 23.6. The molecule has 0 atom stereocenters. The van der Waals surface area contributed by atoms with Gasteiger partial charge in [0.15, 0.2) is 0 Å². The molecule has 0 N–H and O–H groups in total. The van der Waals surface area contributed by atoms with Crippen LogP contribution in [-0.4, -0.2) is 0 Å². The van der Waals surface area contributed by atoms with Crippen molar-refractivity contribution in [3.8, 4) is 66.8 Å². The van der Waals surface area contributed by atoms with Crippen LogP contribution < -0.4 is 0 Å². The molecule has 0 unspecified atom stereocenters. The van der Waals surface area contributed by atoms with Crippen molar-refractivity contribution < 1.29 is 0 Å². The Bertz CT molecular complexity index is 4760. The van der Waals surface area contributed by atoms with Gasteiger partial charge < -0.3 is 0 Å². The van der Waals surface area contributed by atoms with E-state index in [1.165, 1.54) is 197 Å². The molecule has 0 aromatic heterocycles. The van der Waals surface area contributed by atoms with E-state index in [0.29, 0.717) is 0 Å². The second kappa shape index (κ2) is 15.0. The van der Waals surface area contributed by atoms with Crippen molar-refractivity contribution in [1.29, 1.82) is 0 Å². The van der Waals surface area contributed by atoms with Crippen LogP contribution in [0.4, 0.5) is 0 Å². The van der Waals surface area contributed by atoms with Crippen LogP contribution in [0.5, 0.6) is 0 Å². The first-order chi connectivity index (χ1) is 36.3. The van der Waals surface area contributed by atoms with Crippen molar-refractivity contribution in [2.75, 3.05) is 0 Å². The summed E-state index contributed by atoms with van der Waals surface area (Å²) < 4.78 is 0. The van der Waals surface area contributed by atoms with Crippen molar-refractivity contribution in [1.82, 2.24) is 0 Å². The van der Waals surface area contributed by atoms with E-state index in [0.717, 1.165) is 12.8 Å². The summed E-state index contributed by atoms with van der Waals surface area (Å²) in [6, 6.07) is 70.8. The lowest BCUT2D eigenvalue weighted by molar-refractivity contribution is 1.16. The van der Waals surface area contributed by atoms with E-state index < -0.39 is 0 Å². The van der Waals surface area contributed by atoms with Crippen LogP contribution in [0, 0.1) is 27.7 Å². The molecule has 0 aliphatic heterocycles. The molecule has 15 aromatic rings. The van der Waals surface area contributed by atoms with E-state index >= 15 is 0 Å². The van der Waals surface area contributed by atoms with Gasteiger partial charge in [-0.2, -0.15) is 0 Å². The number of aryl methyl sites for hydroxylation is 6. The molecule has 0 radical (unpaired) electrons. The number of hydrogen-bond donors (Lipinski definition) is 0. The second-order valence-electron chi connectivity index (χ2n) is 21.8. The molecule has 0 saturated carbocycles. The zero-order valence-electron chi connectivity index (χ0n) is 42.7. The van der Waals surface area contributed by atoms with E-state index in [9.17, 15) is 0 Å². The van der Waals surface area contributed by atoms with Gasteiger partial charge >= 0.3 is 0 Å². The fraction of sp³-hybridized carbons (Fsp3) is 0.108. The summed E-state index contributed by atoms with van der Waals surface area (Å²) in [6.45, 7) is 13.5. The van der Waals surface area contributed by atoms with E-state index in [2.05, 4.69) is 224 Å². The Labute approximate surface area is 431 Å². The number of benzene rings is 13. The topological polar surface area (TPSA) is 0 Å². The monoisotopic (exact) mass is 940 g/mol. The molecule has 0 nitrogen and oxygen atoms in total. The Kier molecular flexibility index (Phi) is 8.51. The van der Waals surface area contributed by atoms with Crippen LogP contribution in [-0.2, 0) is 12.8 Å². The highest BCUT2D eigenvalue weighted by Gasteiger charge is 2.34. The Morgan fingerprint density at radius 2 is 0.568 bits per heavy atom. The Morgan fingerprint density at radius 1 is 0.230 bits per heavy atom. The van der Waals surface area contributed by atoms with Crippen molar-refractivity contribution in [3.63, 3.8) is 0 Å². The molecule has 348 valence electrons. The predicted octanol–water partition coefficient (Wildman–Crippen LogP) is 21.1. The molecular formula is C74H52. The summed E-state index contributed by atoms with van der Waals surface area (Å²) >= 11 is 0. The van der Waals surface area contributed by atoms with Crippen LogP contribution in [0.2, 0.25) is 0 Å². The van der Waals surface area contributed by atoms with E-state index in [4.69, 9.17) is 0 Å². The number of rotatable bonds is 6. The Hall–Kier alpha value is -8.58. The smallest absolute Gasteiger partial charge is 0.000762 e. The molecule has 16 rings (SSSR count). The van der Waals surface area contributed by atoms with Crippen molar-refractivity contribution in [2.45, 2.75) is 54.4 Å². The van der Waals surface area contributed by atoms with Crippen LogP contribution in [0.1, 0.15) is 47.2 Å². The molecule has 15 aromatic carbocycles. The second-order valence-corrected chi connectivity index (χ2v) is 21.8. The van der Waals surface area contributed by atoms with Crippen LogP contribution in [0.25, 0.3) is 164 Å². The quantitative estimate of drug-likeness (QED) is 0.115. The lowest BCUT2D eigenvalue weighted by Gasteiger charge is -2.21. The van der Waals surface area contributed by atoms with Crippen LogP contribution in [0.3, 0.4) is 0 Å². The average molecular weight is 941 g/mol. The Balaban J connectivity index is 1.01. The first-order valence-electron chi connectivity index (χ1n) is 26.8. The fourth-order valence-corrected chi connectivity index (χ4v) is 14.5. The van der Waals surface area contributed by atoms with Gasteiger partial charge in [0.05, 0.1) is 0 Å². The van der Waals surface area contributed by atoms with Gasteiger partial charge in [-0.15, -0.1) is 0 Å². The van der Waals surface area contributed by atoms with E-state index in [-0.39, 0.29) is 0 Å². The maximum Gasteiger partial charge on any atom is -0.000762 e. The molecule has 0 fully saturated rings. The third kappa shape index (κ3) is 5.37. The summed E-state index contributed by atoms with van der Waals surface area (Å²) in [7, 11) is 0. The third-order valence-electron chi connectivity index (χ3n) is 17.7. The predicted molar refractivity (Wildman–Crippen MR) is 321 cm³/mol. The Morgan fingerprint density at radius 3 is 1.07 bits per heavy atom. The van der Waals surface area contributed by atoms with Gasteiger partial charge in [-0.25, -0.2) is 0 Å². The van der Waals surface area contributed by atoms with E-state index in [1.54, 1.807) is 0 Å². The first-order valence-corrected chi connectivity index (χ1v) is 26.8. The van der Waals surface area contributed by atoms with Gasteiger partial charge in [0.25, 0.3) is 0 Å². The molecular weight excluding hydrogens is 889 g/mol. The molecule has 1 aliphatic rings. The molecule has 0 spiro atoms. The van der Waals surface area contributed by atoms with Gasteiger partial charge in [-0.05, 0) is 221 Å². The van der Waals surface area contributed by atoms with Crippen molar-refractivity contribution in [3.05, 3.63) is 215 Å². The highest BCUT2D eigenvalue weighted by molar-refractivity contribution is 6.46. The third-order valence-corrected chi connectivity index (χ3v) is 17.7. The lowest BCUT2D eigenvalue weighted by Crippen LogP contribution is -1.95. The SMILES string of the molecule is CCc1c2c3ccc4c5c(ccc(c2c(CC)c2c6ccc7c8cccc9c(-c%10ccc(C)cc%10)ccc(c%10ccc(c12)c6c%107)c98)c53)-c1c(-c2ccc(C)cc2)c(-c2ccc(C)cc2)cc(-c2ccc(C)cc2)c1-4. The van der Waals surface area contributed by atoms with Gasteiger partial charge in [0.1, 0.15) is 0 Å². The first kappa shape index (κ1) is 42.0. The fourth-order valence-electron chi connectivity index (χ4n) is 14.5. The van der Waals surface area contributed by atoms with E-state index in [1.807, 2.05) is 0 Å². The summed E-state index contributed by atoms with van der Waals surface area (Å²) in [5.74, 6) is 0.